The van der Waals surface area contributed by atoms with Gasteiger partial charge in [-0.2, -0.15) is 0 Å². The van der Waals surface area contributed by atoms with Gasteiger partial charge in [0.15, 0.2) is 12.4 Å². The highest BCUT2D eigenvalue weighted by molar-refractivity contribution is 5.70. The van der Waals surface area contributed by atoms with Crippen molar-refractivity contribution in [3.8, 4) is 0 Å². The third kappa shape index (κ3) is 29.5. The number of aliphatic hydroxyl groups is 4. The quantitative estimate of drug-likeness (QED) is 0.0271. The Labute approximate surface area is 346 Å². The maximum Gasteiger partial charge on any atom is 0.306 e. The van der Waals surface area contributed by atoms with E-state index in [0.717, 1.165) is 77.0 Å². The van der Waals surface area contributed by atoms with Gasteiger partial charge >= 0.3 is 11.9 Å². The zero-order chi connectivity index (χ0) is 41.6. The predicted octanol–water partition coefficient (Wildman–Crippen LogP) is 9.67. The second-order valence-corrected chi connectivity index (χ2v) is 15.5. The first-order chi connectivity index (χ1) is 27.8. The van der Waals surface area contributed by atoms with E-state index in [0.29, 0.717) is 12.8 Å². The molecule has 0 aromatic carbocycles. The summed E-state index contributed by atoms with van der Waals surface area (Å²) in [4.78, 5) is 25.3. The third-order valence-electron chi connectivity index (χ3n) is 10.2. The predicted molar refractivity (Wildman–Crippen MR) is 229 cm³/mol. The molecule has 1 heterocycles. The van der Waals surface area contributed by atoms with Gasteiger partial charge in [-0.15, -0.1) is 0 Å². The summed E-state index contributed by atoms with van der Waals surface area (Å²) in [7, 11) is 0. The SMILES string of the molecule is CCCCC/C=C/C/C=C/CCCCCCCCCC(=O)OC[C@@H](CO[C@H]1O[C@@H](CO)[C@@H](O)C(O)C1O)OC(=O)CCCCCCC/C=C/C/C=C/CCCCC. The number of carbonyl (C=O) groups excluding carboxylic acids is 2. The molecule has 1 aliphatic rings. The highest BCUT2D eigenvalue weighted by Crippen LogP contribution is 2.22. The summed E-state index contributed by atoms with van der Waals surface area (Å²) >= 11 is 0. The number of allylic oxidation sites excluding steroid dienone is 8. The summed E-state index contributed by atoms with van der Waals surface area (Å²) in [5, 5.41) is 40.1. The molecule has 1 saturated heterocycles. The average Bonchev–Trinajstić information content (AvgIpc) is 3.21. The molecule has 1 fully saturated rings. The fraction of sp³-hybridized carbons (Fsp3) is 0.787. The Morgan fingerprint density at radius 3 is 1.46 bits per heavy atom. The summed E-state index contributed by atoms with van der Waals surface area (Å²) in [5.74, 6) is -0.833. The molecule has 0 amide bonds. The Balaban J connectivity index is 2.34. The Morgan fingerprint density at radius 1 is 0.544 bits per heavy atom. The van der Waals surface area contributed by atoms with Crippen LogP contribution in [0.3, 0.4) is 0 Å². The summed E-state index contributed by atoms with van der Waals surface area (Å²) in [6, 6.07) is 0. The van der Waals surface area contributed by atoms with Crippen LogP contribution in [0.1, 0.15) is 181 Å². The molecule has 0 aliphatic carbocycles. The van der Waals surface area contributed by atoms with Gasteiger partial charge in [0.05, 0.1) is 13.2 Å². The van der Waals surface area contributed by atoms with Crippen molar-refractivity contribution >= 4 is 11.9 Å². The standard InChI is InChI=1S/C47H82O10/c1-3-5-7-9-11-13-15-17-19-20-22-23-25-27-29-31-33-35-42(49)54-38-40(39-55-47-46(53)45(52)44(51)41(37-48)57-47)56-43(50)36-34-32-30-28-26-24-21-18-16-14-12-10-8-6-4-2/h11-14,17-19,21,40-41,44-48,51-53H,3-10,15-16,20,22-39H2,1-2H3/b13-11+,14-12+,19-17+,21-18+/t40-,41-,44+,45?,46?,47-/m0/s1. The van der Waals surface area contributed by atoms with Gasteiger partial charge in [0, 0.05) is 12.8 Å². The van der Waals surface area contributed by atoms with E-state index in [1.54, 1.807) is 0 Å². The molecule has 1 aliphatic heterocycles. The normalized spacial score (nSPS) is 20.7. The van der Waals surface area contributed by atoms with Crippen molar-refractivity contribution in [1.29, 1.82) is 0 Å². The number of ether oxygens (including phenoxy) is 4. The Morgan fingerprint density at radius 2 is 0.982 bits per heavy atom. The Hall–Kier alpha value is -2.34. The van der Waals surface area contributed by atoms with Gasteiger partial charge in [-0.05, 0) is 77.0 Å². The van der Waals surface area contributed by atoms with Crippen molar-refractivity contribution in [2.75, 3.05) is 19.8 Å². The monoisotopic (exact) mass is 807 g/mol. The van der Waals surface area contributed by atoms with Gasteiger partial charge in [0.2, 0.25) is 0 Å². The van der Waals surface area contributed by atoms with Crippen LogP contribution in [0.2, 0.25) is 0 Å². The highest BCUT2D eigenvalue weighted by Gasteiger charge is 2.44. The molecule has 10 heteroatoms. The summed E-state index contributed by atoms with van der Waals surface area (Å²) < 4.78 is 22.1. The Kier molecular flexibility index (Phi) is 35.0. The van der Waals surface area contributed by atoms with Gasteiger partial charge in [-0.25, -0.2) is 0 Å². The topological polar surface area (TPSA) is 152 Å². The molecule has 0 radical (unpaired) electrons. The molecule has 0 aromatic heterocycles. The lowest BCUT2D eigenvalue weighted by Crippen LogP contribution is -2.59. The van der Waals surface area contributed by atoms with Gasteiger partial charge in [0.25, 0.3) is 0 Å². The van der Waals surface area contributed by atoms with Crippen LogP contribution in [-0.4, -0.2) is 89.0 Å². The number of carbonyl (C=O) groups is 2. The fourth-order valence-electron chi connectivity index (χ4n) is 6.54. The molecule has 0 aromatic rings. The van der Waals surface area contributed by atoms with Gasteiger partial charge < -0.3 is 39.4 Å². The van der Waals surface area contributed by atoms with E-state index < -0.39 is 49.4 Å². The smallest absolute Gasteiger partial charge is 0.306 e. The van der Waals surface area contributed by atoms with Gasteiger partial charge in [0.1, 0.15) is 31.0 Å². The maximum atomic E-state index is 12.8. The molecule has 0 spiro atoms. The van der Waals surface area contributed by atoms with Gasteiger partial charge in [-0.3, -0.25) is 9.59 Å². The molecule has 6 atom stereocenters. The molecule has 1 rings (SSSR count). The number of esters is 2. The zero-order valence-corrected chi connectivity index (χ0v) is 35.8. The number of aliphatic hydroxyl groups excluding tert-OH is 4. The first kappa shape index (κ1) is 52.7. The maximum absolute atomic E-state index is 12.8. The van der Waals surface area contributed by atoms with Crippen LogP contribution in [0.5, 0.6) is 0 Å². The van der Waals surface area contributed by atoms with Crippen molar-refractivity contribution in [1.82, 2.24) is 0 Å². The first-order valence-electron chi connectivity index (χ1n) is 22.7. The number of hydrogen-bond donors (Lipinski definition) is 4. The molecular weight excluding hydrogens is 725 g/mol. The van der Waals surface area contributed by atoms with E-state index in [1.807, 2.05) is 0 Å². The van der Waals surface area contributed by atoms with Crippen molar-refractivity contribution < 1.29 is 49.0 Å². The number of hydrogen-bond acceptors (Lipinski definition) is 10. The van der Waals surface area contributed by atoms with Crippen LogP contribution in [-0.2, 0) is 28.5 Å². The molecule has 10 nitrogen and oxygen atoms in total. The molecule has 330 valence electrons. The van der Waals surface area contributed by atoms with Crippen LogP contribution in [0, 0.1) is 0 Å². The van der Waals surface area contributed by atoms with Crippen molar-refractivity contribution in [2.45, 2.75) is 218 Å². The third-order valence-corrected chi connectivity index (χ3v) is 10.2. The van der Waals surface area contributed by atoms with E-state index in [1.165, 1.54) is 64.2 Å². The second kappa shape index (κ2) is 37.9. The average molecular weight is 807 g/mol. The molecular formula is C47H82O10. The van der Waals surface area contributed by atoms with E-state index in [2.05, 4.69) is 62.5 Å². The lowest BCUT2D eigenvalue weighted by Gasteiger charge is -2.39. The van der Waals surface area contributed by atoms with Gasteiger partial charge in [-0.1, -0.05) is 140 Å². The van der Waals surface area contributed by atoms with Crippen molar-refractivity contribution in [3.63, 3.8) is 0 Å². The van der Waals surface area contributed by atoms with Crippen LogP contribution in [0.15, 0.2) is 48.6 Å². The van der Waals surface area contributed by atoms with Crippen LogP contribution < -0.4 is 0 Å². The summed E-state index contributed by atoms with van der Waals surface area (Å²) in [6.07, 6.45) is 36.8. The molecule has 0 saturated carbocycles. The lowest BCUT2D eigenvalue weighted by molar-refractivity contribution is -0.305. The van der Waals surface area contributed by atoms with Crippen LogP contribution in [0.25, 0.3) is 0 Å². The highest BCUT2D eigenvalue weighted by atomic mass is 16.7. The number of rotatable bonds is 37. The van der Waals surface area contributed by atoms with E-state index >= 15 is 0 Å². The summed E-state index contributed by atoms with van der Waals surface area (Å²) in [6.45, 7) is 3.34. The van der Waals surface area contributed by atoms with E-state index in [-0.39, 0.29) is 32.0 Å². The lowest BCUT2D eigenvalue weighted by atomic mass is 9.99. The zero-order valence-electron chi connectivity index (χ0n) is 35.8. The van der Waals surface area contributed by atoms with E-state index in [4.69, 9.17) is 18.9 Å². The minimum atomic E-state index is -1.60. The van der Waals surface area contributed by atoms with Crippen molar-refractivity contribution in [2.24, 2.45) is 0 Å². The minimum Gasteiger partial charge on any atom is -0.462 e. The largest absolute Gasteiger partial charge is 0.462 e. The fourth-order valence-corrected chi connectivity index (χ4v) is 6.54. The molecule has 57 heavy (non-hydrogen) atoms. The molecule has 4 N–H and O–H groups in total. The number of unbranched alkanes of at least 4 members (excludes halogenated alkanes) is 18. The summed E-state index contributed by atoms with van der Waals surface area (Å²) in [5.41, 5.74) is 0. The first-order valence-corrected chi connectivity index (χ1v) is 22.7. The Bertz CT molecular complexity index is 1070. The molecule has 2 unspecified atom stereocenters. The van der Waals surface area contributed by atoms with Crippen LogP contribution >= 0.6 is 0 Å². The van der Waals surface area contributed by atoms with Crippen LogP contribution in [0.4, 0.5) is 0 Å². The minimum absolute atomic E-state index is 0.211. The van der Waals surface area contributed by atoms with Crippen molar-refractivity contribution in [3.05, 3.63) is 48.6 Å². The second-order valence-electron chi connectivity index (χ2n) is 15.5. The molecule has 0 bridgehead atoms. The van der Waals surface area contributed by atoms with E-state index in [9.17, 15) is 30.0 Å².